The minimum absolute atomic E-state index is 0.378. The molecule has 3 N–H and O–H groups in total. The maximum Gasteiger partial charge on any atom is 0.345 e. The summed E-state index contributed by atoms with van der Waals surface area (Å²) in [4.78, 5) is 25.7. The van der Waals surface area contributed by atoms with Crippen LogP contribution >= 0.6 is 0 Å². The molecule has 0 aliphatic rings. The SMILES string of the molecule is CCc1c(-c2ccc3nn(C)cc3c2)[nH]c(=O)c(C(=O)O)c1O. The summed E-state index contributed by atoms with van der Waals surface area (Å²) < 4.78 is 1.68. The molecule has 3 aromatic rings. The second kappa shape index (κ2) is 5.28. The molecular formula is C16H15N3O4. The Morgan fingerprint density at radius 1 is 1.39 bits per heavy atom. The molecule has 0 aliphatic carbocycles. The molecule has 2 heterocycles. The zero-order valence-corrected chi connectivity index (χ0v) is 12.6. The zero-order valence-electron chi connectivity index (χ0n) is 12.6. The van der Waals surface area contributed by atoms with Gasteiger partial charge in [-0.3, -0.25) is 9.48 Å². The molecule has 0 aliphatic heterocycles. The standard InChI is InChI=1S/C16H15N3O4/c1-3-10-13(17-15(21)12(14(10)20)16(22)23)8-4-5-11-9(6-8)7-19(2)18-11/h4-7H,3H2,1-2H3,(H,22,23)(H2,17,20,21). The van der Waals surface area contributed by atoms with Gasteiger partial charge in [0.1, 0.15) is 5.75 Å². The molecule has 2 aromatic heterocycles. The summed E-state index contributed by atoms with van der Waals surface area (Å²) in [6, 6.07) is 5.43. The molecule has 0 fully saturated rings. The number of nitrogens with one attached hydrogen (secondary N) is 1. The van der Waals surface area contributed by atoms with Crippen molar-refractivity contribution < 1.29 is 15.0 Å². The summed E-state index contributed by atoms with van der Waals surface area (Å²) in [5.41, 5.74) is 0.854. The van der Waals surface area contributed by atoms with Crippen LogP contribution in [0.1, 0.15) is 22.8 Å². The number of H-pyrrole nitrogens is 1. The summed E-state index contributed by atoms with van der Waals surface area (Å²) in [5.74, 6) is -1.93. The third-order valence-electron chi connectivity index (χ3n) is 3.77. The average Bonchev–Trinajstić information content (AvgIpc) is 2.85. The Hall–Kier alpha value is -3.09. The van der Waals surface area contributed by atoms with Crippen molar-refractivity contribution in [1.82, 2.24) is 14.8 Å². The lowest BCUT2D eigenvalue weighted by atomic mass is 10.00. The normalized spacial score (nSPS) is 11.0. The van der Waals surface area contributed by atoms with Gasteiger partial charge in [0.2, 0.25) is 0 Å². The number of aromatic hydroxyl groups is 1. The van der Waals surface area contributed by atoms with Crippen molar-refractivity contribution in [3.63, 3.8) is 0 Å². The van der Waals surface area contributed by atoms with E-state index < -0.39 is 22.8 Å². The van der Waals surface area contributed by atoms with Gasteiger partial charge in [-0.15, -0.1) is 0 Å². The maximum absolute atomic E-state index is 12.0. The number of carbonyl (C=O) groups is 1. The van der Waals surface area contributed by atoms with Gasteiger partial charge < -0.3 is 15.2 Å². The quantitative estimate of drug-likeness (QED) is 0.684. The number of carboxylic acids is 1. The van der Waals surface area contributed by atoms with Gasteiger partial charge in [0, 0.05) is 24.2 Å². The Balaban J connectivity index is 2.29. The van der Waals surface area contributed by atoms with Gasteiger partial charge in [0.25, 0.3) is 5.56 Å². The highest BCUT2D eigenvalue weighted by atomic mass is 16.4. The van der Waals surface area contributed by atoms with E-state index >= 15 is 0 Å². The molecule has 0 bridgehead atoms. The van der Waals surface area contributed by atoms with Crippen LogP contribution in [0.15, 0.2) is 29.2 Å². The molecule has 118 valence electrons. The van der Waals surface area contributed by atoms with Crippen molar-refractivity contribution in [2.24, 2.45) is 7.05 Å². The van der Waals surface area contributed by atoms with Crippen molar-refractivity contribution in [2.75, 3.05) is 0 Å². The van der Waals surface area contributed by atoms with E-state index in [1.807, 2.05) is 25.4 Å². The second-order valence-electron chi connectivity index (χ2n) is 5.27. The van der Waals surface area contributed by atoms with E-state index in [0.717, 1.165) is 10.9 Å². The molecule has 23 heavy (non-hydrogen) atoms. The minimum atomic E-state index is -1.45. The summed E-state index contributed by atoms with van der Waals surface area (Å²) >= 11 is 0. The van der Waals surface area contributed by atoms with Gasteiger partial charge in [0.15, 0.2) is 5.56 Å². The van der Waals surface area contributed by atoms with E-state index in [-0.39, 0.29) is 0 Å². The van der Waals surface area contributed by atoms with Crippen LogP contribution in [0.25, 0.3) is 22.2 Å². The Morgan fingerprint density at radius 2 is 2.13 bits per heavy atom. The lowest BCUT2D eigenvalue weighted by Crippen LogP contribution is -2.20. The Labute approximate surface area is 130 Å². The Kier molecular flexibility index (Phi) is 3.40. The molecule has 0 atom stereocenters. The first-order chi connectivity index (χ1) is 10.9. The van der Waals surface area contributed by atoms with Gasteiger partial charge in [-0.2, -0.15) is 5.10 Å². The van der Waals surface area contributed by atoms with E-state index in [9.17, 15) is 14.7 Å². The Morgan fingerprint density at radius 3 is 2.78 bits per heavy atom. The molecule has 0 spiro atoms. The number of benzene rings is 1. The van der Waals surface area contributed by atoms with Crippen LogP contribution in [0.3, 0.4) is 0 Å². The molecule has 1 aromatic carbocycles. The summed E-state index contributed by atoms with van der Waals surface area (Å²) in [6.45, 7) is 1.78. The van der Waals surface area contributed by atoms with Crippen molar-refractivity contribution in [1.29, 1.82) is 0 Å². The fourth-order valence-electron chi connectivity index (χ4n) is 2.72. The number of aromatic amines is 1. The third kappa shape index (κ3) is 2.36. The van der Waals surface area contributed by atoms with Gasteiger partial charge in [-0.05, 0) is 24.1 Å². The topological polar surface area (TPSA) is 108 Å². The number of aryl methyl sites for hydroxylation is 1. The van der Waals surface area contributed by atoms with Gasteiger partial charge in [-0.25, -0.2) is 4.79 Å². The molecule has 7 heteroatoms. The number of nitrogens with zero attached hydrogens (tertiary/aromatic N) is 2. The largest absolute Gasteiger partial charge is 0.506 e. The first-order valence-corrected chi connectivity index (χ1v) is 7.07. The van der Waals surface area contributed by atoms with Crippen molar-refractivity contribution in [3.8, 4) is 17.0 Å². The number of hydrogen-bond donors (Lipinski definition) is 3. The highest BCUT2D eigenvalue weighted by molar-refractivity contribution is 5.92. The van der Waals surface area contributed by atoms with E-state index in [4.69, 9.17) is 5.11 Å². The fraction of sp³-hybridized carbons (Fsp3) is 0.188. The van der Waals surface area contributed by atoms with E-state index in [1.54, 1.807) is 17.7 Å². The highest BCUT2D eigenvalue weighted by Gasteiger charge is 2.21. The number of aromatic nitrogens is 3. The smallest absolute Gasteiger partial charge is 0.345 e. The predicted molar refractivity (Wildman–Crippen MR) is 84.8 cm³/mol. The van der Waals surface area contributed by atoms with Crippen LogP contribution in [0.2, 0.25) is 0 Å². The number of fused-ring (bicyclic) bond motifs is 1. The summed E-state index contributed by atoms with van der Waals surface area (Å²) in [5, 5.41) is 24.4. The molecule has 0 saturated heterocycles. The molecular weight excluding hydrogens is 298 g/mol. The first-order valence-electron chi connectivity index (χ1n) is 7.07. The lowest BCUT2D eigenvalue weighted by molar-refractivity contribution is 0.0691. The number of carboxylic acid groups (broad SMARTS) is 1. The first kappa shape index (κ1) is 14.8. The predicted octanol–water partition coefficient (Wildman–Crippen LogP) is 1.89. The summed E-state index contributed by atoms with van der Waals surface area (Å²) in [7, 11) is 1.81. The molecule has 0 unspecified atom stereocenters. The third-order valence-corrected chi connectivity index (χ3v) is 3.77. The van der Waals surface area contributed by atoms with Crippen molar-refractivity contribution in [2.45, 2.75) is 13.3 Å². The number of hydrogen-bond acceptors (Lipinski definition) is 4. The van der Waals surface area contributed by atoms with Crippen LogP contribution in [-0.2, 0) is 13.5 Å². The van der Waals surface area contributed by atoms with E-state index in [0.29, 0.717) is 23.2 Å². The molecule has 0 saturated carbocycles. The molecule has 7 nitrogen and oxygen atoms in total. The van der Waals surface area contributed by atoms with Gasteiger partial charge in [-0.1, -0.05) is 13.0 Å². The molecule has 0 radical (unpaired) electrons. The monoisotopic (exact) mass is 313 g/mol. The lowest BCUT2D eigenvalue weighted by Gasteiger charge is -2.12. The van der Waals surface area contributed by atoms with Gasteiger partial charge in [0.05, 0.1) is 11.2 Å². The number of aromatic carboxylic acids is 1. The minimum Gasteiger partial charge on any atom is -0.506 e. The molecule has 0 amide bonds. The zero-order chi connectivity index (χ0) is 16.7. The van der Waals surface area contributed by atoms with Crippen molar-refractivity contribution in [3.05, 3.63) is 45.9 Å². The van der Waals surface area contributed by atoms with Gasteiger partial charge >= 0.3 is 5.97 Å². The fourth-order valence-corrected chi connectivity index (χ4v) is 2.72. The maximum atomic E-state index is 12.0. The van der Waals surface area contributed by atoms with Crippen LogP contribution in [-0.4, -0.2) is 30.9 Å². The highest BCUT2D eigenvalue weighted by Crippen LogP contribution is 2.31. The number of rotatable bonds is 3. The van der Waals surface area contributed by atoms with Crippen LogP contribution in [0.5, 0.6) is 5.75 Å². The second-order valence-corrected chi connectivity index (χ2v) is 5.27. The van der Waals surface area contributed by atoms with Crippen LogP contribution in [0.4, 0.5) is 0 Å². The van der Waals surface area contributed by atoms with E-state index in [2.05, 4.69) is 10.1 Å². The van der Waals surface area contributed by atoms with Crippen LogP contribution < -0.4 is 5.56 Å². The Bertz CT molecular complexity index is 985. The molecule has 3 rings (SSSR count). The van der Waals surface area contributed by atoms with E-state index in [1.165, 1.54) is 0 Å². The average molecular weight is 313 g/mol. The van der Waals surface area contributed by atoms with Crippen molar-refractivity contribution >= 4 is 16.9 Å². The van der Waals surface area contributed by atoms with Crippen LogP contribution in [0, 0.1) is 0 Å². The summed E-state index contributed by atoms with van der Waals surface area (Å²) in [6.07, 6.45) is 2.22. The number of pyridine rings is 1.